The Morgan fingerprint density at radius 3 is 2.21 bits per heavy atom. The number of rotatable bonds is 9. The van der Waals surface area contributed by atoms with E-state index >= 15 is 0 Å². The first-order chi connectivity index (χ1) is 18.3. The molecule has 0 aromatic heterocycles. The average Bonchev–Trinajstić information content (AvgIpc) is 2.85. The van der Waals surface area contributed by atoms with Gasteiger partial charge in [0.15, 0.2) is 10.1 Å². The van der Waals surface area contributed by atoms with Crippen LogP contribution in [0.2, 0.25) is 10.0 Å². The highest BCUT2D eigenvalue weighted by atomic mass is 35.5. The van der Waals surface area contributed by atoms with Crippen molar-refractivity contribution < 1.29 is 19.1 Å². The molecule has 0 aliphatic carbocycles. The quantitative estimate of drug-likeness (QED) is 0.102. The van der Waals surface area contributed by atoms with Crippen LogP contribution in [0.5, 0.6) is 11.5 Å². The van der Waals surface area contributed by atoms with Gasteiger partial charge in [-0.3, -0.25) is 4.79 Å². The van der Waals surface area contributed by atoms with Crippen LogP contribution in [0, 0.1) is 19.3 Å². The Kier molecular flexibility index (Phi) is 12.7. The molecular formula is C28H37Cl2N3O4S2. The lowest BCUT2D eigenvalue weighted by atomic mass is 9.97. The van der Waals surface area contributed by atoms with Gasteiger partial charge >= 0.3 is 12.0 Å². The van der Waals surface area contributed by atoms with Crippen LogP contribution in [0.1, 0.15) is 52.2 Å². The van der Waals surface area contributed by atoms with Crippen LogP contribution in [-0.4, -0.2) is 47.5 Å². The van der Waals surface area contributed by atoms with Crippen LogP contribution in [-0.2, 0) is 4.79 Å². The van der Waals surface area contributed by atoms with E-state index in [0.717, 1.165) is 23.3 Å². The van der Waals surface area contributed by atoms with Crippen LogP contribution in [0.25, 0.3) is 0 Å². The van der Waals surface area contributed by atoms with E-state index in [1.165, 1.54) is 22.0 Å². The van der Waals surface area contributed by atoms with Crippen molar-refractivity contribution in [3.63, 3.8) is 0 Å². The maximum absolute atomic E-state index is 13.3. The van der Waals surface area contributed by atoms with E-state index < -0.39 is 17.4 Å². The van der Waals surface area contributed by atoms with Crippen LogP contribution in [0.15, 0.2) is 30.3 Å². The number of hydrogen-bond acceptors (Lipinski definition) is 6. The molecule has 214 valence electrons. The molecule has 11 heteroatoms. The zero-order valence-corrected chi connectivity index (χ0v) is 26.7. The van der Waals surface area contributed by atoms with Crippen molar-refractivity contribution in [3.05, 3.63) is 51.5 Å². The third-order valence-electron chi connectivity index (χ3n) is 5.59. The van der Waals surface area contributed by atoms with E-state index in [-0.39, 0.29) is 15.8 Å². The number of amides is 2. The number of carbonyl (C=O) groups excluding carboxylic acids is 2. The molecule has 0 aliphatic rings. The molecule has 0 saturated heterocycles. The van der Waals surface area contributed by atoms with Crippen molar-refractivity contribution >= 4 is 69.4 Å². The molecule has 7 nitrogen and oxygen atoms in total. The molecule has 0 unspecified atom stereocenters. The highest BCUT2D eigenvalue weighted by molar-refractivity contribution is 8.24. The van der Waals surface area contributed by atoms with E-state index in [1.54, 1.807) is 20.8 Å². The van der Waals surface area contributed by atoms with E-state index in [2.05, 4.69) is 11.4 Å². The molecule has 0 fully saturated rings. The third kappa shape index (κ3) is 9.74. The Morgan fingerprint density at radius 2 is 1.67 bits per heavy atom. The van der Waals surface area contributed by atoms with Crippen molar-refractivity contribution in [2.24, 2.45) is 5.41 Å². The fourth-order valence-electron chi connectivity index (χ4n) is 3.32. The molecule has 0 radical (unpaired) electrons. The van der Waals surface area contributed by atoms with E-state index in [0.29, 0.717) is 42.7 Å². The fraction of sp³-hybridized carbons (Fsp3) is 0.464. The molecule has 0 aliphatic heterocycles. The maximum Gasteiger partial charge on any atom is 0.332 e. The second kappa shape index (κ2) is 15.0. The number of hydrogen-bond donors (Lipinski definition) is 1. The molecule has 0 saturated carbocycles. The molecule has 1 N–H and O–H groups in total. The second-order valence-electron chi connectivity index (χ2n) is 9.90. The average molecular weight is 615 g/mol. The van der Waals surface area contributed by atoms with Crippen molar-refractivity contribution in [2.75, 3.05) is 30.5 Å². The topological polar surface area (TPSA) is 71.1 Å². The summed E-state index contributed by atoms with van der Waals surface area (Å²) in [6.07, 6.45) is 0.598. The number of halogens is 2. The fourth-order valence-corrected chi connectivity index (χ4v) is 5.24. The summed E-state index contributed by atoms with van der Waals surface area (Å²) in [6, 6.07) is 8.68. The maximum atomic E-state index is 13.3. The lowest BCUT2D eigenvalue weighted by Gasteiger charge is -2.27. The molecule has 0 atom stereocenters. The molecule has 0 spiro atoms. The van der Waals surface area contributed by atoms with E-state index in [1.807, 2.05) is 44.7 Å². The molecule has 2 aromatic rings. The van der Waals surface area contributed by atoms with Gasteiger partial charge in [0.1, 0.15) is 5.75 Å². The number of anilines is 1. The predicted molar refractivity (Wildman–Crippen MR) is 167 cm³/mol. The number of aryl methyl sites for hydroxylation is 2. The smallest absolute Gasteiger partial charge is 0.332 e. The van der Waals surface area contributed by atoms with Crippen molar-refractivity contribution in [2.45, 2.75) is 54.9 Å². The molecule has 0 heterocycles. The molecule has 2 aromatic carbocycles. The summed E-state index contributed by atoms with van der Waals surface area (Å²) in [5.74, 6) is 0.390. The Labute approximate surface area is 251 Å². The van der Waals surface area contributed by atoms with Crippen molar-refractivity contribution in [3.8, 4) is 11.5 Å². The van der Waals surface area contributed by atoms with Gasteiger partial charge in [-0.15, -0.1) is 0 Å². The summed E-state index contributed by atoms with van der Waals surface area (Å²) >= 11 is 19.6. The first kappa shape index (κ1) is 33.0. The first-order valence-corrected chi connectivity index (χ1v) is 14.7. The van der Waals surface area contributed by atoms with Gasteiger partial charge in [0.05, 0.1) is 27.8 Å². The number of benzene rings is 2. The van der Waals surface area contributed by atoms with Gasteiger partial charge in [0, 0.05) is 31.6 Å². The summed E-state index contributed by atoms with van der Waals surface area (Å²) in [4.78, 5) is 27.7. The first-order valence-electron chi connectivity index (χ1n) is 12.7. The van der Waals surface area contributed by atoms with Crippen LogP contribution in [0.4, 0.5) is 10.5 Å². The Morgan fingerprint density at radius 1 is 1.05 bits per heavy atom. The van der Waals surface area contributed by atoms with Crippen molar-refractivity contribution in [1.82, 2.24) is 10.2 Å². The van der Waals surface area contributed by atoms with Gasteiger partial charge in [-0.1, -0.05) is 53.1 Å². The van der Waals surface area contributed by atoms with Gasteiger partial charge in [0.2, 0.25) is 0 Å². The lowest BCUT2D eigenvalue weighted by Crippen LogP contribution is -2.39. The number of esters is 1. The third-order valence-corrected chi connectivity index (χ3v) is 7.60. The zero-order valence-electron chi connectivity index (χ0n) is 23.5. The molecule has 2 rings (SSSR count). The Bertz CT molecular complexity index is 1160. The van der Waals surface area contributed by atoms with Gasteiger partial charge in [-0.25, -0.2) is 9.10 Å². The molecule has 39 heavy (non-hydrogen) atoms. The minimum absolute atomic E-state index is 0.0437. The summed E-state index contributed by atoms with van der Waals surface area (Å²) in [6.45, 7) is 15.4. The van der Waals surface area contributed by atoms with Crippen LogP contribution < -0.4 is 19.1 Å². The number of urea groups is 1. The van der Waals surface area contributed by atoms with Gasteiger partial charge in [-0.2, -0.15) is 0 Å². The SMILES string of the molecule is CCN(CC)C(=S)SN(C(=O)NCCCOc1ccc(C)cc1C)c1cc(Cl)c(OC(=O)C(C)(C)C)c(Cl)c1. The Balaban J connectivity index is 2.17. The molecule has 2 amide bonds. The molecular weight excluding hydrogens is 577 g/mol. The Hall–Kier alpha value is -2.20. The normalized spacial score (nSPS) is 11.1. The summed E-state index contributed by atoms with van der Waals surface area (Å²) in [5, 5.41) is 3.12. The number of nitrogens with one attached hydrogen (secondary N) is 1. The lowest BCUT2D eigenvalue weighted by molar-refractivity contribution is -0.142. The monoisotopic (exact) mass is 613 g/mol. The minimum atomic E-state index is -0.745. The van der Waals surface area contributed by atoms with Crippen molar-refractivity contribution in [1.29, 1.82) is 0 Å². The highest BCUT2D eigenvalue weighted by Crippen LogP contribution is 2.40. The number of thiocarbonyl (C=S) groups is 1. The van der Waals surface area contributed by atoms with E-state index in [4.69, 9.17) is 44.9 Å². The minimum Gasteiger partial charge on any atom is -0.493 e. The summed E-state index contributed by atoms with van der Waals surface area (Å²) in [5.41, 5.74) is 1.89. The van der Waals surface area contributed by atoms with Gasteiger partial charge < -0.3 is 19.7 Å². The second-order valence-corrected chi connectivity index (χ2v) is 12.3. The predicted octanol–water partition coefficient (Wildman–Crippen LogP) is 7.82. The molecule has 0 bridgehead atoms. The summed E-state index contributed by atoms with van der Waals surface area (Å²) in [7, 11) is 0. The zero-order chi connectivity index (χ0) is 29.3. The van der Waals surface area contributed by atoms with Gasteiger partial charge in [-0.05, 0) is 78.6 Å². The van der Waals surface area contributed by atoms with Crippen LogP contribution >= 0.6 is 47.4 Å². The number of ether oxygens (including phenoxy) is 2. The number of carbonyl (C=O) groups is 2. The highest BCUT2D eigenvalue weighted by Gasteiger charge is 2.28. The largest absolute Gasteiger partial charge is 0.493 e. The number of nitrogens with zero attached hydrogens (tertiary/aromatic N) is 2. The van der Waals surface area contributed by atoms with E-state index in [9.17, 15) is 9.59 Å². The van der Waals surface area contributed by atoms with Gasteiger partial charge in [0.25, 0.3) is 0 Å². The standard InChI is InChI=1S/C28H37Cl2N3O4S2/c1-8-32(9-2)27(38)39-33(20-16-21(29)24(22(30)17-20)37-25(34)28(5,6)7)26(35)31-13-10-14-36-23-12-11-18(3)15-19(23)4/h11-12,15-17H,8-10,13-14H2,1-7H3,(H,31,35). The van der Waals surface area contributed by atoms with Crippen LogP contribution in [0.3, 0.4) is 0 Å². The summed E-state index contributed by atoms with van der Waals surface area (Å²) < 4.78 is 13.2.